The van der Waals surface area contributed by atoms with Crippen molar-refractivity contribution in [2.24, 2.45) is 5.92 Å². The second-order valence-corrected chi connectivity index (χ2v) is 6.06. The molecule has 1 aromatic rings. The van der Waals surface area contributed by atoms with Gasteiger partial charge >= 0.3 is 11.9 Å². The van der Waals surface area contributed by atoms with Crippen molar-refractivity contribution in [3.05, 3.63) is 35.9 Å². The lowest BCUT2D eigenvalue weighted by molar-refractivity contribution is -0.154. The molecule has 1 aromatic carbocycles. The van der Waals surface area contributed by atoms with Gasteiger partial charge in [0.1, 0.15) is 12.0 Å². The van der Waals surface area contributed by atoms with Gasteiger partial charge in [0.15, 0.2) is 0 Å². The van der Waals surface area contributed by atoms with Crippen LogP contribution in [0.2, 0.25) is 0 Å². The first-order chi connectivity index (χ1) is 11.1. The van der Waals surface area contributed by atoms with E-state index in [4.69, 9.17) is 9.47 Å². The molecule has 2 rings (SSSR count). The van der Waals surface area contributed by atoms with Crippen LogP contribution in [0.3, 0.4) is 0 Å². The fourth-order valence-corrected chi connectivity index (χ4v) is 3.15. The minimum atomic E-state index is -0.442. The zero-order valence-electron chi connectivity index (χ0n) is 14.0. The van der Waals surface area contributed by atoms with Gasteiger partial charge in [0.2, 0.25) is 0 Å². The minimum absolute atomic E-state index is 0.314. The van der Waals surface area contributed by atoms with Crippen LogP contribution < -0.4 is 0 Å². The first-order valence-electron chi connectivity index (χ1n) is 8.10. The molecule has 0 bridgehead atoms. The Morgan fingerprint density at radius 2 is 1.96 bits per heavy atom. The lowest BCUT2D eigenvalue weighted by Crippen LogP contribution is -2.51. The van der Waals surface area contributed by atoms with E-state index in [-0.39, 0.29) is 11.9 Å². The first-order valence-corrected chi connectivity index (χ1v) is 8.10. The molecule has 0 aliphatic carbocycles. The Kier molecular flexibility index (Phi) is 6.16. The van der Waals surface area contributed by atoms with Crippen LogP contribution in [0, 0.1) is 5.92 Å². The van der Waals surface area contributed by atoms with Crippen LogP contribution >= 0.6 is 0 Å². The maximum Gasteiger partial charge on any atom is 0.338 e. The van der Waals surface area contributed by atoms with E-state index in [0.29, 0.717) is 24.6 Å². The predicted molar refractivity (Wildman–Crippen MR) is 87.1 cm³/mol. The summed E-state index contributed by atoms with van der Waals surface area (Å²) in [5, 5.41) is 0. The standard InChI is InChI=1S/C18H25NO4/c1-4-8-14-11-16(15(12-19(14)2)18(21)22-3)23-17(20)13-9-6-5-7-10-13/h5-7,9-10,14-16H,4,8,11-12H2,1-3H3. The largest absolute Gasteiger partial charge is 0.469 e. The van der Waals surface area contributed by atoms with E-state index in [0.717, 1.165) is 12.8 Å². The van der Waals surface area contributed by atoms with E-state index in [1.807, 2.05) is 13.1 Å². The van der Waals surface area contributed by atoms with Crippen LogP contribution in [0.1, 0.15) is 36.5 Å². The molecule has 1 fully saturated rings. The summed E-state index contributed by atoms with van der Waals surface area (Å²) < 4.78 is 10.6. The molecule has 1 heterocycles. The number of benzene rings is 1. The molecule has 0 radical (unpaired) electrons. The number of nitrogens with zero attached hydrogens (tertiary/aromatic N) is 1. The average Bonchev–Trinajstić information content (AvgIpc) is 2.57. The van der Waals surface area contributed by atoms with Crippen molar-refractivity contribution in [1.29, 1.82) is 0 Å². The summed E-state index contributed by atoms with van der Waals surface area (Å²) in [4.78, 5) is 26.6. The van der Waals surface area contributed by atoms with Crippen molar-refractivity contribution >= 4 is 11.9 Å². The van der Waals surface area contributed by atoms with Gasteiger partial charge in [-0.05, 0) is 25.6 Å². The summed E-state index contributed by atoms with van der Waals surface area (Å²) in [7, 11) is 3.38. The third kappa shape index (κ3) is 4.32. The van der Waals surface area contributed by atoms with Crippen molar-refractivity contribution in [2.75, 3.05) is 20.7 Å². The molecule has 0 aromatic heterocycles. The van der Waals surface area contributed by atoms with Gasteiger partial charge in [0.25, 0.3) is 0 Å². The fourth-order valence-electron chi connectivity index (χ4n) is 3.15. The molecule has 1 saturated heterocycles. The molecule has 126 valence electrons. The summed E-state index contributed by atoms with van der Waals surface area (Å²) in [5.41, 5.74) is 0.502. The zero-order valence-corrected chi connectivity index (χ0v) is 14.0. The summed E-state index contributed by atoms with van der Waals surface area (Å²) in [6.07, 6.45) is 2.28. The van der Waals surface area contributed by atoms with Crippen LogP contribution in [-0.4, -0.2) is 49.7 Å². The molecule has 1 aliphatic rings. The van der Waals surface area contributed by atoms with Gasteiger partial charge in [-0.25, -0.2) is 4.79 Å². The van der Waals surface area contributed by atoms with Crippen molar-refractivity contribution in [1.82, 2.24) is 4.90 Å². The number of carbonyl (C=O) groups excluding carboxylic acids is 2. The van der Waals surface area contributed by atoms with E-state index in [9.17, 15) is 9.59 Å². The summed E-state index contributed by atoms with van der Waals surface area (Å²) in [5.74, 6) is -1.15. The highest BCUT2D eigenvalue weighted by Crippen LogP contribution is 2.28. The molecule has 3 atom stereocenters. The molecular weight excluding hydrogens is 294 g/mol. The van der Waals surface area contributed by atoms with Gasteiger partial charge in [-0.15, -0.1) is 0 Å². The summed E-state index contributed by atoms with van der Waals surface area (Å²) >= 11 is 0. The van der Waals surface area contributed by atoms with Crippen LogP contribution in [0.25, 0.3) is 0 Å². The molecule has 0 spiro atoms. The van der Waals surface area contributed by atoms with Crippen LogP contribution in [0.15, 0.2) is 30.3 Å². The lowest BCUT2D eigenvalue weighted by Gasteiger charge is -2.40. The topological polar surface area (TPSA) is 55.8 Å². The van der Waals surface area contributed by atoms with Crippen LogP contribution in [0.5, 0.6) is 0 Å². The number of methoxy groups -OCH3 is 1. The Morgan fingerprint density at radius 3 is 2.57 bits per heavy atom. The van der Waals surface area contributed by atoms with E-state index in [2.05, 4.69) is 11.8 Å². The highest BCUT2D eigenvalue weighted by Gasteiger charge is 2.40. The molecule has 23 heavy (non-hydrogen) atoms. The van der Waals surface area contributed by atoms with E-state index >= 15 is 0 Å². The Balaban J connectivity index is 2.13. The SMILES string of the molecule is CCCC1CC(OC(=O)c2ccccc2)C(C(=O)OC)CN1C. The van der Waals surface area contributed by atoms with Gasteiger partial charge in [-0.1, -0.05) is 31.5 Å². The normalized spacial score (nSPS) is 24.9. The second-order valence-electron chi connectivity index (χ2n) is 6.06. The maximum absolute atomic E-state index is 12.3. The Labute approximate surface area is 137 Å². The Hall–Kier alpha value is -1.88. The zero-order chi connectivity index (χ0) is 16.8. The maximum atomic E-state index is 12.3. The van der Waals surface area contributed by atoms with Crippen LogP contribution in [-0.2, 0) is 14.3 Å². The van der Waals surface area contributed by atoms with E-state index < -0.39 is 12.0 Å². The van der Waals surface area contributed by atoms with Crippen molar-refractivity contribution in [3.63, 3.8) is 0 Å². The third-order valence-corrected chi connectivity index (χ3v) is 4.45. The van der Waals surface area contributed by atoms with E-state index in [1.165, 1.54) is 7.11 Å². The minimum Gasteiger partial charge on any atom is -0.469 e. The third-order valence-electron chi connectivity index (χ3n) is 4.45. The molecular formula is C18H25NO4. The number of rotatable bonds is 5. The van der Waals surface area contributed by atoms with Gasteiger partial charge in [-0.3, -0.25) is 4.79 Å². The number of hydrogen-bond acceptors (Lipinski definition) is 5. The highest BCUT2D eigenvalue weighted by molar-refractivity contribution is 5.89. The van der Waals surface area contributed by atoms with Crippen molar-refractivity contribution < 1.29 is 19.1 Å². The summed E-state index contributed by atoms with van der Waals surface area (Å²) in [6.45, 7) is 2.68. The molecule has 0 amide bonds. The van der Waals surface area contributed by atoms with Gasteiger partial charge in [0.05, 0.1) is 12.7 Å². The average molecular weight is 319 g/mol. The number of hydrogen-bond donors (Lipinski definition) is 0. The predicted octanol–water partition coefficient (Wildman–Crippen LogP) is 2.51. The molecule has 0 saturated carbocycles. The molecule has 5 nitrogen and oxygen atoms in total. The molecule has 5 heteroatoms. The monoisotopic (exact) mass is 319 g/mol. The van der Waals surface area contributed by atoms with E-state index in [1.54, 1.807) is 24.3 Å². The second kappa shape index (κ2) is 8.11. The smallest absolute Gasteiger partial charge is 0.338 e. The number of carbonyl (C=O) groups is 2. The number of esters is 2. The highest BCUT2D eigenvalue weighted by atomic mass is 16.6. The molecule has 0 N–H and O–H groups in total. The summed E-state index contributed by atoms with van der Waals surface area (Å²) in [6, 6.07) is 9.18. The number of ether oxygens (including phenoxy) is 2. The van der Waals surface area contributed by atoms with Crippen molar-refractivity contribution in [3.8, 4) is 0 Å². The first kappa shape index (κ1) is 17.5. The number of likely N-dealkylation sites (tertiary alicyclic amines) is 1. The number of piperidine rings is 1. The Morgan fingerprint density at radius 1 is 1.26 bits per heavy atom. The van der Waals surface area contributed by atoms with Gasteiger partial charge in [0, 0.05) is 19.0 Å². The fraction of sp³-hybridized carbons (Fsp3) is 0.556. The molecule has 3 unspecified atom stereocenters. The van der Waals surface area contributed by atoms with Gasteiger partial charge in [-0.2, -0.15) is 0 Å². The molecule has 1 aliphatic heterocycles. The van der Waals surface area contributed by atoms with Crippen molar-refractivity contribution in [2.45, 2.75) is 38.3 Å². The quantitative estimate of drug-likeness (QED) is 0.781. The lowest BCUT2D eigenvalue weighted by atomic mass is 9.88. The Bertz CT molecular complexity index is 531. The van der Waals surface area contributed by atoms with Gasteiger partial charge < -0.3 is 14.4 Å². The van der Waals surface area contributed by atoms with Crippen LogP contribution in [0.4, 0.5) is 0 Å².